The Morgan fingerprint density at radius 2 is 2.42 bits per heavy atom. The molecule has 2 heterocycles. The van der Waals surface area contributed by atoms with Crippen molar-refractivity contribution in [3.05, 3.63) is 17.0 Å². The van der Waals surface area contributed by atoms with E-state index in [1.807, 2.05) is 11.4 Å². The molecule has 1 atom stereocenters. The van der Waals surface area contributed by atoms with Crippen molar-refractivity contribution in [1.82, 2.24) is 0 Å². The minimum atomic E-state index is -2.99. The summed E-state index contributed by atoms with van der Waals surface area (Å²) >= 11 is 1.29. The quantitative estimate of drug-likeness (QED) is 0.726. The molecule has 0 radical (unpaired) electrons. The van der Waals surface area contributed by atoms with Gasteiger partial charge in [-0.2, -0.15) is 0 Å². The van der Waals surface area contributed by atoms with Crippen LogP contribution in [0.4, 0.5) is 0 Å². The van der Waals surface area contributed by atoms with Gasteiger partial charge in [-0.05, 0) is 17.0 Å². The lowest BCUT2D eigenvalue weighted by Crippen LogP contribution is -2.14. The Labute approximate surface area is 75.1 Å². The number of hydrogen-bond acceptors (Lipinski definition) is 4. The lowest BCUT2D eigenvalue weighted by molar-refractivity contribution is 0.598. The predicted octanol–water partition coefficient (Wildman–Crippen LogP) is 0.578. The zero-order chi connectivity index (χ0) is 8.77. The molecule has 0 saturated carbocycles. The van der Waals surface area contributed by atoms with Gasteiger partial charge in [0.05, 0.1) is 5.75 Å². The molecule has 66 valence electrons. The molecule has 0 aromatic carbocycles. The van der Waals surface area contributed by atoms with Gasteiger partial charge >= 0.3 is 0 Å². The van der Waals surface area contributed by atoms with E-state index in [4.69, 9.17) is 5.73 Å². The third kappa shape index (κ3) is 1.01. The SMILES string of the molecule is NCC1CS(=O)(=O)c2sccc21. The molecule has 1 unspecified atom stereocenters. The second kappa shape index (κ2) is 2.55. The highest BCUT2D eigenvalue weighted by molar-refractivity contribution is 7.93. The summed E-state index contributed by atoms with van der Waals surface area (Å²) in [5.74, 6) is 0.224. The smallest absolute Gasteiger partial charge is 0.188 e. The van der Waals surface area contributed by atoms with Crippen LogP contribution in [0.1, 0.15) is 11.5 Å². The van der Waals surface area contributed by atoms with Crippen LogP contribution in [0.25, 0.3) is 0 Å². The fraction of sp³-hybridized carbons (Fsp3) is 0.429. The van der Waals surface area contributed by atoms with Gasteiger partial charge in [0.2, 0.25) is 0 Å². The van der Waals surface area contributed by atoms with Crippen molar-refractivity contribution in [3.63, 3.8) is 0 Å². The maximum Gasteiger partial charge on any atom is 0.188 e. The highest BCUT2D eigenvalue weighted by Gasteiger charge is 2.34. The van der Waals surface area contributed by atoms with Gasteiger partial charge < -0.3 is 5.73 Å². The number of nitrogens with two attached hydrogens (primary N) is 1. The summed E-state index contributed by atoms with van der Waals surface area (Å²) in [4.78, 5) is 0. The number of fused-ring (bicyclic) bond motifs is 1. The summed E-state index contributed by atoms with van der Waals surface area (Å²) in [5.41, 5.74) is 6.39. The van der Waals surface area contributed by atoms with Crippen LogP contribution in [0.5, 0.6) is 0 Å². The molecule has 0 aliphatic carbocycles. The Hall–Kier alpha value is -0.390. The monoisotopic (exact) mass is 203 g/mol. The van der Waals surface area contributed by atoms with E-state index in [2.05, 4.69) is 0 Å². The summed E-state index contributed by atoms with van der Waals surface area (Å²) in [6.45, 7) is 0.420. The molecule has 0 amide bonds. The lowest BCUT2D eigenvalue weighted by atomic mass is 10.1. The number of hydrogen-bond donors (Lipinski definition) is 1. The van der Waals surface area contributed by atoms with E-state index in [0.29, 0.717) is 10.8 Å². The van der Waals surface area contributed by atoms with Crippen LogP contribution in [0.3, 0.4) is 0 Å². The number of thiophene rings is 1. The molecule has 2 rings (SSSR count). The molecule has 0 saturated heterocycles. The molecular weight excluding hydrogens is 194 g/mol. The average Bonchev–Trinajstić information content (AvgIpc) is 2.54. The molecule has 1 aliphatic heterocycles. The Balaban J connectivity index is 2.60. The standard InChI is InChI=1S/C7H9NO2S2/c8-3-5-4-12(9,10)7-6(5)1-2-11-7/h1-2,5H,3-4,8H2. The zero-order valence-corrected chi connectivity index (χ0v) is 7.99. The molecule has 3 nitrogen and oxygen atoms in total. The predicted molar refractivity (Wildman–Crippen MR) is 48.2 cm³/mol. The highest BCUT2D eigenvalue weighted by atomic mass is 32.2. The van der Waals surface area contributed by atoms with Crippen LogP contribution in [0.15, 0.2) is 15.7 Å². The fourth-order valence-electron chi connectivity index (χ4n) is 1.49. The van der Waals surface area contributed by atoms with Crippen LogP contribution >= 0.6 is 11.3 Å². The molecule has 1 aromatic heterocycles. The lowest BCUT2D eigenvalue weighted by Gasteiger charge is -2.01. The second-order valence-electron chi connectivity index (χ2n) is 2.88. The number of rotatable bonds is 1. The zero-order valence-electron chi connectivity index (χ0n) is 6.36. The van der Waals surface area contributed by atoms with Crippen molar-refractivity contribution < 1.29 is 8.42 Å². The van der Waals surface area contributed by atoms with Crippen LogP contribution in [0, 0.1) is 0 Å². The largest absolute Gasteiger partial charge is 0.330 e. The maximum absolute atomic E-state index is 11.4. The van der Waals surface area contributed by atoms with Crippen LogP contribution in [-0.4, -0.2) is 20.7 Å². The summed E-state index contributed by atoms with van der Waals surface area (Å²) in [6, 6.07) is 1.86. The van der Waals surface area contributed by atoms with Gasteiger partial charge in [0.25, 0.3) is 0 Å². The Bertz CT molecular complexity index is 393. The van der Waals surface area contributed by atoms with Crippen molar-refractivity contribution >= 4 is 21.2 Å². The first-order valence-corrected chi connectivity index (χ1v) is 6.18. The summed E-state index contributed by atoms with van der Waals surface area (Å²) in [7, 11) is -2.99. The third-order valence-corrected chi connectivity index (χ3v) is 5.50. The Kier molecular flexibility index (Phi) is 1.75. The summed E-state index contributed by atoms with van der Waals surface area (Å²) < 4.78 is 23.4. The third-order valence-electron chi connectivity index (χ3n) is 2.09. The minimum Gasteiger partial charge on any atom is -0.330 e. The molecule has 5 heteroatoms. The normalized spacial score (nSPS) is 25.6. The van der Waals surface area contributed by atoms with Crippen molar-refractivity contribution in [3.8, 4) is 0 Å². The van der Waals surface area contributed by atoms with Crippen LogP contribution in [-0.2, 0) is 9.84 Å². The molecule has 2 N–H and O–H groups in total. The van der Waals surface area contributed by atoms with E-state index >= 15 is 0 Å². The highest BCUT2D eigenvalue weighted by Crippen LogP contribution is 2.37. The van der Waals surface area contributed by atoms with E-state index < -0.39 is 9.84 Å². The first kappa shape index (κ1) is 8.22. The summed E-state index contributed by atoms with van der Waals surface area (Å²) in [6.07, 6.45) is 0. The van der Waals surface area contributed by atoms with Crippen molar-refractivity contribution in [1.29, 1.82) is 0 Å². The average molecular weight is 203 g/mol. The van der Waals surface area contributed by atoms with Gasteiger partial charge in [-0.25, -0.2) is 8.42 Å². The van der Waals surface area contributed by atoms with E-state index in [-0.39, 0.29) is 11.7 Å². The van der Waals surface area contributed by atoms with E-state index in [9.17, 15) is 8.42 Å². The van der Waals surface area contributed by atoms with Gasteiger partial charge in [-0.3, -0.25) is 0 Å². The Morgan fingerprint density at radius 1 is 1.67 bits per heavy atom. The first-order valence-electron chi connectivity index (χ1n) is 3.65. The molecule has 0 fully saturated rings. The van der Waals surface area contributed by atoms with Crippen LogP contribution < -0.4 is 5.73 Å². The fourth-order valence-corrected chi connectivity index (χ4v) is 4.74. The molecule has 0 spiro atoms. The van der Waals surface area contributed by atoms with Gasteiger partial charge in [0.15, 0.2) is 9.84 Å². The van der Waals surface area contributed by atoms with Crippen LogP contribution in [0.2, 0.25) is 0 Å². The van der Waals surface area contributed by atoms with Crippen molar-refractivity contribution in [2.24, 2.45) is 5.73 Å². The second-order valence-corrected chi connectivity index (χ2v) is 6.02. The van der Waals surface area contributed by atoms with E-state index in [1.54, 1.807) is 0 Å². The molecule has 1 aliphatic rings. The Morgan fingerprint density at radius 3 is 3.08 bits per heavy atom. The van der Waals surface area contributed by atoms with Gasteiger partial charge in [0.1, 0.15) is 4.21 Å². The van der Waals surface area contributed by atoms with Gasteiger partial charge in [-0.15, -0.1) is 11.3 Å². The molecule has 1 aromatic rings. The molecule has 0 bridgehead atoms. The van der Waals surface area contributed by atoms with Gasteiger partial charge in [-0.1, -0.05) is 0 Å². The first-order chi connectivity index (χ1) is 5.65. The molecular formula is C7H9NO2S2. The summed E-state index contributed by atoms with van der Waals surface area (Å²) in [5, 5.41) is 1.81. The maximum atomic E-state index is 11.4. The van der Waals surface area contributed by atoms with Gasteiger partial charge in [0, 0.05) is 12.5 Å². The van der Waals surface area contributed by atoms with E-state index in [0.717, 1.165) is 5.56 Å². The van der Waals surface area contributed by atoms with Crippen molar-refractivity contribution in [2.75, 3.05) is 12.3 Å². The number of sulfone groups is 1. The molecule has 12 heavy (non-hydrogen) atoms. The minimum absolute atomic E-state index is 0.0243. The van der Waals surface area contributed by atoms with E-state index in [1.165, 1.54) is 11.3 Å². The van der Waals surface area contributed by atoms with Crippen molar-refractivity contribution in [2.45, 2.75) is 10.1 Å². The topological polar surface area (TPSA) is 60.2 Å².